The third-order valence-electron chi connectivity index (χ3n) is 7.76. The highest BCUT2D eigenvalue weighted by atomic mass is 19.1. The molecule has 0 saturated carbocycles. The lowest BCUT2D eigenvalue weighted by molar-refractivity contribution is -0.144. The highest BCUT2D eigenvalue weighted by molar-refractivity contribution is 5.79. The fourth-order valence-corrected chi connectivity index (χ4v) is 5.69. The summed E-state index contributed by atoms with van der Waals surface area (Å²) >= 11 is 0. The average Bonchev–Trinajstić information content (AvgIpc) is 3.57. The van der Waals surface area contributed by atoms with Crippen molar-refractivity contribution < 1.29 is 38.0 Å². The van der Waals surface area contributed by atoms with Gasteiger partial charge in [-0.25, -0.2) is 4.39 Å². The number of aliphatic carboxylic acids is 1. The van der Waals surface area contributed by atoms with Crippen LogP contribution in [0.15, 0.2) is 30.3 Å². The van der Waals surface area contributed by atoms with Crippen LogP contribution in [0.2, 0.25) is 0 Å². The number of fused-ring (bicyclic) bond motifs is 1. The molecule has 0 aromatic heterocycles. The van der Waals surface area contributed by atoms with Gasteiger partial charge in [-0.1, -0.05) is 32.8 Å². The Morgan fingerprint density at radius 1 is 1.02 bits per heavy atom. The summed E-state index contributed by atoms with van der Waals surface area (Å²) in [5.41, 5.74) is 1.17. The number of unbranched alkanes of at least 4 members (excludes halogenated alkanes) is 2. The van der Waals surface area contributed by atoms with Crippen LogP contribution < -0.4 is 18.9 Å². The number of rotatable bonds is 13. The van der Waals surface area contributed by atoms with Crippen LogP contribution >= 0.6 is 0 Å². The van der Waals surface area contributed by atoms with Crippen molar-refractivity contribution in [1.29, 1.82) is 0 Å². The minimum absolute atomic E-state index is 0.0215. The summed E-state index contributed by atoms with van der Waals surface area (Å²) in [6.45, 7) is 5.80. The first kappa shape index (κ1) is 29.5. The van der Waals surface area contributed by atoms with Gasteiger partial charge in [-0.05, 0) is 48.2 Å². The van der Waals surface area contributed by atoms with E-state index < -0.39 is 29.7 Å². The number of ether oxygens (including phenoxy) is 4. The van der Waals surface area contributed by atoms with E-state index in [-0.39, 0.29) is 31.5 Å². The Balaban J connectivity index is 1.74. The van der Waals surface area contributed by atoms with Crippen molar-refractivity contribution in [3.05, 3.63) is 47.3 Å². The number of methoxy groups -OCH3 is 2. The maximum Gasteiger partial charge on any atom is 0.309 e. The summed E-state index contributed by atoms with van der Waals surface area (Å²) in [6.07, 6.45) is 3.70. The fraction of sp³-hybridized carbons (Fsp3) is 0.533. The number of hydrogen-bond donors (Lipinski definition) is 1. The third kappa shape index (κ3) is 6.11. The van der Waals surface area contributed by atoms with Crippen molar-refractivity contribution in [2.75, 3.05) is 47.2 Å². The molecule has 40 heavy (non-hydrogen) atoms. The number of carboxylic acids is 1. The summed E-state index contributed by atoms with van der Waals surface area (Å²) in [6, 6.07) is 7.27. The van der Waals surface area contributed by atoms with Crippen molar-refractivity contribution in [3.63, 3.8) is 0 Å². The maximum atomic E-state index is 14.9. The number of carbonyl (C=O) groups is 2. The summed E-state index contributed by atoms with van der Waals surface area (Å²) in [5, 5.41) is 10.5. The van der Waals surface area contributed by atoms with Crippen LogP contribution in [0.25, 0.3) is 0 Å². The molecule has 4 rings (SSSR count). The van der Waals surface area contributed by atoms with Crippen LogP contribution in [0.5, 0.6) is 23.0 Å². The molecule has 10 heteroatoms. The average molecular weight is 559 g/mol. The second-order valence-electron chi connectivity index (χ2n) is 10.3. The van der Waals surface area contributed by atoms with Crippen LogP contribution in [0, 0.1) is 11.7 Å². The molecule has 9 nitrogen and oxygen atoms in total. The highest BCUT2D eigenvalue weighted by Crippen LogP contribution is 2.50. The van der Waals surface area contributed by atoms with Crippen molar-refractivity contribution >= 4 is 11.9 Å². The predicted octanol–water partition coefficient (Wildman–Crippen LogP) is 4.84. The summed E-state index contributed by atoms with van der Waals surface area (Å²) < 4.78 is 36.6. The number of carboxylic acid groups (broad SMARTS) is 1. The molecule has 1 saturated heterocycles. The summed E-state index contributed by atoms with van der Waals surface area (Å²) in [7, 11) is 2.89. The number of hydrogen-bond acceptors (Lipinski definition) is 7. The topological polar surface area (TPSA) is 97.8 Å². The molecule has 0 aliphatic carbocycles. The zero-order chi connectivity index (χ0) is 28.8. The molecule has 0 radical (unpaired) electrons. The quantitative estimate of drug-likeness (QED) is 0.373. The number of nitrogens with zero attached hydrogens (tertiary/aromatic N) is 2. The van der Waals surface area contributed by atoms with Crippen molar-refractivity contribution in [2.45, 2.75) is 51.5 Å². The first-order chi connectivity index (χ1) is 19.3. The molecular weight excluding hydrogens is 519 g/mol. The third-order valence-corrected chi connectivity index (χ3v) is 7.76. The molecule has 218 valence electrons. The van der Waals surface area contributed by atoms with Crippen LogP contribution in [-0.4, -0.2) is 74.0 Å². The molecule has 2 aromatic carbocycles. The van der Waals surface area contributed by atoms with Gasteiger partial charge in [-0.2, -0.15) is 0 Å². The molecule has 1 fully saturated rings. The van der Waals surface area contributed by atoms with E-state index in [0.29, 0.717) is 41.5 Å². The van der Waals surface area contributed by atoms with Gasteiger partial charge in [0.15, 0.2) is 23.1 Å². The molecule has 0 unspecified atom stereocenters. The Bertz CT molecular complexity index is 1200. The van der Waals surface area contributed by atoms with Gasteiger partial charge in [0, 0.05) is 31.6 Å². The first-order valence-corrected chi connectivity index (χ1v) is 13.9. The molecule has 2 aliphatic heterocycles. The van der Waals surface area contributed by atoms with Gasteiger partial charge in [0.05, 0.1) is 26.7 Å². The van der Waals surface area contributed by atoms with Gasteiger partial charge in [0.2, 0.25) is 18.4 Å². The van der Waals surface area contributed by atoms with Crippen molar-refractivity contribution in [3.8, 4) is 23.0 Å². The Labute approximate surface area is 234 Å². The first-order valence-electron chi connectivity index (χ1n) is 13.9. The molecule has 3 atom stereocenters. The molecule has 2 aromatic rings. The van der Waals surface area contributed by atoms with Gasteiger partial charge >= 0.3 is 5.97 Å². The maximum absolute atomic E-state index is 14.9. The number of halogens is 1. The summed E-state index contributed by atoms with van der Waals surface area (Å²) in [4.78, 5) is 30.2. The fourth-order valence-electron chi connectivity index (χ4n) is 5.69. The minimum atomic E-state index is -1.04. The van der Waals surface area contributed by atoms with Crippen LogP contribution in [0.4, 0.5) is 4.39 Å². The zero-order valence-corrected chi connectivity index (χ0v) is 23.7. The molecule has 0 spiro atoms. The molecule has 2 heterocycles. The van der Waals surface area contributed by atoms with E-state index in [4.69, 9.17) is 18.9 Å². The van der Waals surface area contributed by atoms with Crippen LogP contribution in [-0.2, 0) is 9.59 Å². The smallest absolute Gasteiger partial charge is 0.309 e. The van der Waals surface area contributed by atoms with Gasteiger partial charge in [0.25, 0.3) is 0 Å². The Hall–Kier alpha value is -3.53. The summed E-state index contributed by atoms with van der Waals surface area (Å²) in [5.74, 6) is -1.71. The standard InChI is InChI=1S/C30H39FN2O7/c1-5-7-11-32(12-8-6-2)26(34)17-33-16-21(20-14-24(38-4)29-25(15-20)39-18-40-29)27(30(35)36)28(33)19-9-10-23(37-3)22(31)13-19/h9-10,13-15,21,27-28H,5-8,11-12,16-18H2,1-4H3,(H,35,36)/t21-,27-,28+/m1/s1. The van der Waals surface area contributed by atoms with Gasteiger partial charge < -0.3 is 29.0 Å². The Morgan fingerprint density at radius 3 is 2.33 bits per heavy atom. The highest BCUT2D eigenvalue weighted by Gasteiger charge is 2.48. The molecular formula is C30H39FN2O7. The lowest BCUT2D eigenvalue weighted by Gasteiger charge is -2.30. The largest absolute Gasteiger partial charge is 0.494 e. The number of amides is 1. The molecule has 1 amide bonds. The van der Waals surface area contributed by atoms with Crippen molar-refractivity contribution in [1.82, 2.24) is 9.80 Å². The normalized spacial score (nSPS) is 20.0. The van der Waals surface area contributed by atoms with E-state index in [1.54, 1.807) is 18.2 Å². The van der Waals surface area contributed by atoms with E-state index in [9.17, 15) is 19.1 Å². The second kappa shape index (κ2) is 13.2. The van der Waals surface area contributed by atoms with Gasteiger partial charge in [-0.3, -0.25) is 14.5 Å². The lowest BCUT2D eigenvalue weighted by Crippen LogP contribution is -2.42. The Kier molecular flexibility index (Phi) is 9.73. The van der Waals surface area contributed by atoms with E-state index >= 15 is 0 Å². The minimum Gasteiger partial charge on any atom is -0.494 e. The Morgan fingerprint density at radius 2 is 1.73 bits per heavy atom. The van der Waals surface area contributed by atoms with E-state index in [1.165, 1.54) is 26.4 Å². The number of carbonyl (C=O) groups excluding carboxylic acids is 1. The number of likely N-dealkylation sites (tertiary alicyclic amines) is 1. The van der Waals surface area contributed by atoms with Gasteiger partial charge in [-0.15, -0.1) is 0 Å². The SMILES string of the molecule is CCCCN(CCCC)C(=O)CN1C[C@H](c2cc(OC)c3c(c2)OCO3)[C@@H](C(=O)O)[C@@H]1c1ccc(OC)c(F)c1. The zero-order valence-electron chi connectivity index (χ0n) is 23.7. The van der Waals surface area contributed by atoms with Crippen molar-refractivity contribution in [2.24, 2.45) is 5.92 Å². The molecule has 2 aliphatic rings. The predicted molar refractivity (Wildman–Crippen MR) is 147 cm³/mol. The van der Waals surface area contributed by atoms with Crippen LogP contribution in [0.3, 0.4) is 0 Å². The van der Waals surface area contributed by atoms with Crippen LogP contribution in [0.1, 0.15) is 62.6 Å². The van der Waals surface area contributed by atoms with E-state index in [1.807, 2.05) is 9.80 Å². The molecule has 0 bridgehead atoms. The number of benzene rings is 2. The monoisotopic (exact) mass is 558 g/mol. The second-order valence-corrected chi connectivity index (χ2v) is 10.3. The van der Waals surface area contributed by atoms with E-state index in [0.717, 1.165) is 25.7 Å². The lowest BCUT2D eigenvalue weighted by atomic mass is 9.82. The molecule has 1 N–H and O–H groups in total. The van der Waals surface area contributed by atoms with Gasteiger partial charge in [0.1, 0.15) is 0 Å². The van der Waals surface area contributed by atoms with E-state index in [2.05, 4.69) is 13.8 Å².